The molecule has 9 aromatic rings. The summed E-state index contributed by atoms with van der Waals surface area (Å²) < 4.78 is 0. The number of aromatic nitrogens is 2. The molecule has 0 spiro atoms. The lowest BCUT2D eigenvalue weighted by molar-refractivity contribution is 1.40. The van der Waals surface area contributed by atoms with Crippen molar-refractivity contribution in [1.29, 1.82) is 5.26 Å². The van der Waals surface area contributed by atoms with Crippen LogP contribution >= 0.6 is 0 Å². The van der Waals surface area contributed by atoms with Crippen LogP contribution in [0.15, 0.2) is 158 Å². The number of hydrogen-bond acceptors (Lipinski definition) is 3. The first kappa shape index (κ1) is 29.0. The molecule has 0 amide bonds. The summed E-state index contributed by atoms with van der Waals surface area (Å²) in [6.07, 6.45) is 1.81. The summed E-state index contributed by atoms with van der Waals surface area (Å²) in [6.45, 7) is 7.41. The van der Waals surface area contributed by atoms with Crippen molar-refractivity contribution < 1.29 is 0 Å². The van der Waals surface area contributed by atoms with Gasteiger partial charge in [0.2, 0.25) is 0 Å². The molecule has 4 heteroatoms. The Morgan fingerprint density at radius 3 is 1.70 bits per heavy atom. The smallest absolute Gasteiger partial charge is 0.189 e. The van der Waals surface area contributed by atoms with Crippen LogP contribution < -0.4 is 0 Å². The Labute approximate surface area is 289 Å². The van der Waals surface area contributed by atoms with Crippen LogP contribution in [0.25, 0.3) is 92.8 Å². The third-order valence-corrected chi connectivity index (χ3v) is 9.56. The van der Waals surface area contributed by atoms with Crippen LogP contribution in [0.2, 0.25) is 0 Å². The molecule has 0 saturated heterocycles. The van der Waals surface area contributed by atoms with Crippen molar-refractivity contribution in [3.05, 3.63) is 175 Å². The topological polar surface area (TPSA) is 53.9 Å². The van der Waals surface area contributed by atoms with Gasteiger partial charge in [-0.3, -0.25) is 4.98 Å². The van der Waals surface area contributed by atoms with E-state index in [2.05, 4.69) is 114 Å². The summed E-state index contributed by atoms with van der Waals surface area (Å²) in [6, 6.07) is 54.5. The maximum Gasteiger partial charge on any atom is 0.189 e. The van der Waals surface area contributed by atoms with Crippen LogP contribution in [-0.2, 0) is 0 Å². The van der Waals surface area contributed by atoms with Gasteiger partial charge in [0.15, 0.2) is 5.69 Å². The van der Waals surface area contributed by atoms with Crippen LogP contribution in [0.5, 0.6) is 0 Å². The van der Waals surface area contributed by atoms with E-state index in [1.54, 1.807) is 0 Å². The number of pyridine rings is 2. The van der Waals surface area contributed by atoms with Gasteiger partial charge in [0, 0.05) is 17.0 Å². The van der Waals surface area contributed by atoms with E-state index in [1.807, 2.05) is 54.7 Å². The molecule has 0 aliphatic rings. The molecule has 2 aromatic heterocycles. The Bertz CT molecular complexity index is 2860. The first-order valence-corrected chi connectivity index (χ1v) is 16.4. The first-order chi connectivity index (χ1) is 24.7. The van der Waals surface area contributed by atoms with Crippen molar-refractivity contribution in [1.82, 2.24) is 9.97 Å². The highest BCUT2D eigenvalue weighted by Crippen LogP contribution is 2.39. The molecule has 0 aliphatic carbocycles. The van der Waals surface area contributed by atoms with Gasteiger partial charge >= 0.3 is 0 Å². The zero-order valence-corrected chi connectivity index (χ0v) is 26.8. The summed E-state index contributed by atoms with van der Waals surface area (Å²) in [5.74, 6) is 0. The third kappa shape index (κ3) is 4.92. The molecular weight excluding hydrogens is 609 g/mol. The molecule has 0 radical (unpaired) electrons. The number of nitriles is 1. The number of nitrogens with zero attached hydrogens (tertiary/aromatic N) is 4. The van der Waals surface area contributed by atoms with Crippen LogP contribution in [0, 0.1) is 17.9 Å². The molecular formula is C46H26N4. The summed E-state index contributed by atoms with van der Waals surface area (Å²) >= 11 is 0. The van der Waals surface area contributed by atoms with E-state index in [0.29, 0.717) is 11.3 Å². The van der Waals surface area contributed by atoms with Crippen molar-refractivity contribution in [3.63, 3.8) is 0 Å². The molecule has 0 bridgehead atoms. The van der Waals surface area contributed by atoms with Crippen LogP contribution in [0.3, 0.4) is 0 Å². The SMILES string of the molecule is [C-]#[N+]c1ccc2cc3cc(-c4ccc(-c5ccc(-c6ccc(-c7ccc(C#N)cc7)cc6)c6ccccc56)cc4)c4cccnc4c3nc2c1. The predicted molar refractivity (Wildman–Crippen MR) is 205 cm³/mol. The summed E-state index contributed by atoms with van der Waals surface area (Å²) in [5.41, 5.74) is 12.8. The second-order valence-electron chi connectivity index (χ2n) is 12.4. The molecule has 0 fully saturated rings. The second kappa shape index (κ2) is 11.8. The van der Waals surface area contributed by atoms with E-state index < -0.39 is 0 Å². The van der Waals surface area contributed by atoms with Gasteiger partial charge in [-0.1, -0.05) is 115 Å². The number of hydrogen-bond donors (Lipinski definition) is 0. The van der Waals surface area contributed by atoms with E-state index in [1.165, 1.54) is 21.9 Å². The molecule has 50 heavy (non-hydrogen) atoms. The lowest BCUT2D eigenvalue weighted by Crippen LogP contribution is -1.91. The van der Waals surface area contributed by atoms with Gasteiger partial charge in [0.05, 0.1) is 34.8 Å². The Hall–Kier alpha value is -7.14. The molecule has 0 saturated carbocycles. The van der Waals surface area contributed by atoms with Gasteiger partial charge in [0.1, 0.15) is 0 Å². The average Bonchev–Trinajstić information content (AvgIpc) is 3.19. The highest BCUT2D eigenvalue weighted by Gasteiger charge is 2.14. The Kier molecular flexibility index (Phi) is 6.87. The maximum absolute atomic E-state index is 9.15. The number of rotatable bonds is 4. The predicted octanol–water partition coefficient (Wildman–Crippen LogP) is 12.2. The molecule has 0 unspecified atom stereocenters. The number of fused-ring (bicyclic) bond motifs is 5. The van der Waals surface area contributed by atoms with Gasteiger partial charge in [-0.25, -0.2) is 9.83 Å². The second-order valence-corrected chi connectivity index (χ2v) is 12.4. The van der Waals surface area contributed by atoms with E-state index in [9.17, 15) is 0 Å². The minimum atomic E-state index is 0.579. The quantitative estimate of drug-likeness (QED) is 0.110. The van der Waals surface area contributed by atoms with E-state index >= 15 is 0 Å². The fourth-order valence-electron chi connectivity index (χ4n) is 7.04. The lowest BCUT2D eigenvalue weighted by atomic mass is 9.90. The van der Waals surface area contributed by atoms with Crippen molar-refractivity contribution in [2.45, 2.75) is 0 Å². The monoisotopic (exact) mass is 634 g/mol. The standard InChI is InChI=1S/C46H26N4/c1-48-37-21-20-35-25-36-26-43(42-7-4-24-49-46(42)45(36)50-44(35)27-37)34-18-16-33(17-19-34)39-23-22-38(40-5-2-3-6-41(39)40)32-14-12-31(13-15-32)30-10-8-29(28-47)9-11-30/h2-27H. The van der Waals surface area contributed by atoms with E-state index in [0.717, 1.165) is 66.1 Å². The van der Waals surface area contributed by atoms with Crippen LogP contribution in [0.4, 0.5) is 5.69 Å². The minimum Gasteiger partial charge on any atom is -0.254 e. The van der Waals surface area contributed by atoms with E-state index in [-0.39, 0.29) is 0 Å². The molecule has 230 valence electrons. The molecule has 9 rings (SSSR count). The minimum absolute atomic E-state index is 0.579. The molecule has 0 N–H and O–H groups in total. The highest BCUT2D eigenvalue weighted by atomic mass is 14.8. The van der Waals surface area contributed by atoms with Gasteiger partial charge in [0.25, 0.3) is 0 Å². The first-order valence-electron chi connectivity index (χ1n) is 16.4. The van der Waals surface area contributed by atoms with Crippen molar-refractivity contribution in [2.24, 2.45) is 0 Å². The highest BCUT2D eigenvalue weighted by molar-refractivity contribution is 6.13. The van der Waals surface area contributed by atoms with Crippen LogP contribution in [0.1, 0.15) is 5.56 Å². The van der Waals surface area contributed by atoms with Crippen molar-refractivity contribution in [2.75, 3.05) is 0 Å². The molecule has 0 atom stereocenters. The average molecular weight is 635 g/mol. The molecule has 0 aliphatic heterocycles. The largest absolute Gasteiger partial charge is 0.254 e. The van der Waals surface area contributed by atoms with Crippen molar-refractivity contribution in [3.8, 4) is 50.6 Å². The molecule has 2 heterocycles. The Morgan fingerprint density at radius 1 is 0.500 bits per heavy atom. The lowest BCUT2D eigenvalue weighted by Gasteiger charge is -2.14. The zero-order chi connectivity index (χ0) is 33.6. The number of benzene rings is 7. The fraction of sp³-hybridized carbons (Fsp3) is 0. The van der Waals surface area contributed by atoms with Crippen LogP contribution in [-0.4, -0.2) is 9.97 Å². The third-order valence-electron chi connectivity index (χ3n) is 9.56. The summed E-state index contributed by atoms with van der Waals surface area (Å²) in [7, 11) is 0. The maximum atomic E-state index is 9.15. The Balaban J connectivity index is 1.09. The molecule has 4 nitrogen and oxygen atoms in total. The van der Waals surface area contributed by atoms with E-state index in [4.69, 9.17) is 21.8 Å². The summed E-state index contributed by atoms with van der Waals surface area (Å²) in [4.78, 5) is 13.3. The van der Waals surface area contributed by atoms with Gasteiger partial charge in [-0.2, -0.15) is 5.26 Å². The fourth-order valence-corrected chi connectivity index (χ4v) is 7.04. The zero-order valence-electron chi connectivity index (χ0n) is 26.8. The van der Waals surface area contributed by atoms with Crippen molar-refractivity contribution >= 4 is 49.2 Å². The van der Waals surface area contributed by atoms with Gasteiger partial charge in [-0.05, 0) is 97.1 Å². The normalized spacial score (nSPS) is 11.2. The molecule has 7 aromatic carbocycles. The summed E-state index contributed by atoms with van der Waals surface area (Å²) in [5, 5.41) is 14.6. The Morgan fingerprint density at radius 2 is 1.08 bits per heavy atom. The van der Waals surface area contributed by atoms with Gasteiger partial charge < -0.3 is 0 Å². The van der Waals surface area contributed by atoms with Gasteiger partial charge in [-0.15, -0.1) is 0 Å².